The highest BCUT2D eigenvalue weighted by molar-refractivity contribution is 6.03. The van der Waals surface area contributed by atoms with Crippen molar-refractivity contribution in [3.05, 3.63) is 29.5 Å². The summed E-state index contributed by atoms with van der Waals surface area (Å²) < 4.78 is 12.1. The van der Waals surface area contributed by atoms with Crippen molar-refractivity contribution >= 4 is 16.7 Å². The Morgan fingerprint density at radius 3 is 2.72 bits per heavy atom. The quantitative estimate of drug-likeness (QED) is 0.621. The molecule has 32 heavy (non-hydrogen) atoms. The highest BCUT2D eigenvalue weighted by Crippen LogP contribution is 2.35. The van der Waals surface area contributed by atoms with E-state index in [0.717, 1.165) is 38.8 Å². The average molecular weight is 438 g/mol. The van der Waals surface area contributed by atoms with Gasteiger partial charge in [0, 0.05) is 23.5 Å². The number of nitrogens with two attached hydrogens (primary N) is 1. The molecule has 0 radical (unpaired) electrons. The predicted octanol–water partition coefficient (Wildman–Crippen LogP) is 2.91. The van der Waals surface area contributed by atoms with Crippen LogP contribution in [0.2, 0.25) is 0 Å². The van der Waals surface area contributed by atoms with E-state index in [1.807, 2.05) is 13.8 Å². The first-order valence-electron chi connectivity index (χ1n) is 11.4. The molecule has 1 unspecified atom stereocenters. The number of hydrogen-bond donors (Lipinski definition) is 3. The second-order valence-electron chi connectivity index (χ2n) is 8.98. The van der Waals surface area contributed by atoms with Crippen molar-refractivity contribution in [3.8, 4) is 23.5 Å². The van der Waals surface area contributed by atoms with Crippen LogP contribution >= 0.6 is 0 Å². The van der Waals surface area contributed by atoms with Gasteiger partial charge in [-0.25, -0.2) is 4.98 Å². The van der Waals surface area contributed by atoms with Gasteiger partial charge in [0.15, 0.2) is 0 Å². The molecule has 1 aliphatic carbocycles. The summed E-state index contributed by atoms with van der Waals surface area (Å²) in [5.74, 6) is 6.43. The summed E-state index contributed by atoms with van der Waals surface area (Å²) in [6.07, 6.45) is 6.78. The topological polar surface area (TPSA) is 107 Å². The lowest BCUT2D eigenvalue weighted by Gasteiger charge is -2.24. The van der Waals surface area contributed by atoms with Gasteiger partial charge in [0.25, 0.3) is 5.91 Å². The van der Waals surface area contributed by atoms with Crippen LogP contribution < -0.4 is 20.5 Å². The van der Waals surface area contributed by atoms with Crippen LogP contribution in [0.4, 0.5) is 0 Å². The van der Waals surface area contributed by atoms with Gasteiger partial charge in [-0.05, 0) is 71.0 Å². The first-order valence-corrected chi connectivity index (χ1v) is 11.4. The molecule has 1 amide bonds. The van der Waals surface area contributed by atoms with Crippen molar-refractivity contribution in [1.29, 1.82) is 0 Å². The Hall–Kier alpha value is -2.82. The molecule has 1 saturated carbocycles. The molecule has 2 aliphatic rings. The Kier molecular flexibility index (Phi) is 6.54. The van der Waals surface area contributed by atoms with E-state index < -0.39 is 11.5 Å². The first kappa shape index (κ1) is 22.4. The van der Waals surface area contributed by atoms with E-state index in [1.165, 1.54) is 0 Å². The minimum atomic E-state index is -0.970. The van der Waals surface area contributed by atoms with Crippen LogP contribution in [-0.4, -0.2) is 46.9 Å². The van der Waals surface area contributed by atoms with Crippen LogP contribution in [0.1, 0.15) is 68.3 Å². The van der Waals surface area contributed by atoms with Crippen LogP contribution in [-0.2, 0) is 0 Å². The molecule has 2 aromatic rings. The molecule has 2 fully saturated rings. The fraction of sp³-hybridized carbons (Fsp3) is 0.520. The Morgan fingerprint density at radius 1 is 1.28 bits per heavy atom. The number of nitrogens with zero attached hydrogens (tertiary/aromatic N) is 1. The molecular weight excluding hydrogens is 406 g/mol. The molecule has 4 rings (SSSR count). The second kappa shape index (κ2) is 9.35. The molecule has 0 bridgehead atoms. The van der Waals surface area contributed by atoms with E-state index in [1.54, 1.807) is 18.3 Å². The number of carbonyl (C=O) groups is 1. The zero-order chi connectivity index (χ0) is 22.7. The number of aliphatic hydroxyl groups is 1. The van der Waals surface area contributed by atoms with Crippen molar-refractivity contribution in [2.75, 3.05) is 13.1 Å². The number of pyridine rings is 1. The van der Waals surface area contributed by atoms with Gasteiger partial charge in [-0.3, -0.25) is 4.79 Å². The van der Waals surface area contributed by atoms with Crippen molar-refractivity contribution < 1.29 is 19.4 Å². The fourth-order valence-electron chi connectivity index (χ4n) is 4.33. The van der Waals surface area contributed by atoms with Crippen LogP contribution in [0.3, 0.4) is 0 Å². The minimum absolute atomic E-state index is 0.0147. The third-order valence-electron chi connectivity index (χ3n) is 5.97. The van der Waals surface area contributed by atoms with Crippen molar-refractivity contribution in [2.45, 2.75) is 70.2 Å². The molecule has 0 spiro atoms. The standard InChI is InChI=1S/C25H31N3O4/c1-16(2)31-22-13-20-19(12-21(22)23(26)29)17(7-10-25(30)8-3-4-9-25)14-28-24(20)32-18-6-5-11-27-15-18/h12-14,16,18,27,30H,3-6,8-9,11,15H2,1-2H3,(H2,26,29). The number of carbonyl (C=O) groups excluding carboxylic acids is 1. The molecule has 7 nitrogen and oxygen atoms in total. The summed E-state index contributed by atoms with van der Waals surface area (Å²) in [5, 5.41) is 15.4. The Morgan fingerprint density at radius 2 is 2.06 bits per heavy atom. The van der Waals surface area contributed by atoms with Gasteiger partial charge in [-0.2, -0.15) is 0 Å². The van der Waals surface area contributed by atoms with Gasteiger partial charge in [0.05, 0.1) is 17.2 Å². The van der Waals surface area contributed by atoms with Gasteiger partial charge in [0.1, 0.15) is 17.5 Å². The maximum absolute atomic E-state index is 12.2. The number of primary amides is 1. The summed E-state index contributed by atoms with van der Waals surface area (Å²) in [6, 6.07) is 3.47. The van der Waals surface area contributed by atoms with Gasteiger partial charge in [-0.1, -0.05) is 11.8 Å². The number of rotatable bonds is 5. The highest BCUT2D eigenvalue weighted by Gasteiger charge is 2.29. The number of ether oxygens (including phenoxy) is 2. The van der Waals surface area contributed by atoms with E-state index in [4.69, 9.17) is 15.2 Å². The third kappa shape index (κ3) is 4.98. The van der Waals surface area contributed by atoms with Gasteiger partial charge < -0.3 is 25.6 Å². The molecule has 170 valence electrons. The SMILES string of the molecule is CC(C)Oc1cc2c(OC3CCCNC3)ncc(C#CC3(O)CCCC3)c2cc1C(N)=O. The lowest BCUT2D eigenvalue weighted by Crippen LogP contribution is -2.37. The number of nitrogens with one attached hydrogen (secondary N) is 1. The van der Waals surface area contributed by atoms with Gasteiger partial charge in [0.2, 0.25) is 5.88 Å². The number of benzene rings is 1. The molecule has 1 aromatic heterocycles. The number of hydrogen-bond acceptors (Lipinski definition) is 6. The van der Waals surface area contributed by atoms with Crippen molar-refractivity contribution in [3.63, 3.8) is 0 Å². The van der Waals surface area contributed by atoms with Crippen LogP contribution in [0.15, 0.2) is 18.3 Å². The minimum Gasteiger partial charge on any atom is -0.490 e. The van der Waals surface area contributed by atoms with E-state index >= 15 is 0 Å². The molecule has 4 N–H and O–H groups in total. The zero-order valence-corrected chi connectivity index (χ0v) is 18.7. The van der Waals surface area contributed by atoms with E-state index in [-0.39, 0.29) is 17.8 Å². The summed E-state index contributed by atoms with van der Waals surface area (Å²) >= 11 is 0. The summed E-state index contributed by atoms with van der Waals surface area (Å²) in [7, 11) is 0. The Bertz CT molecular complexity index is 1060. The van der Waals surface area contributed by atoms with Crippen molar-refractivity contribution in [1.82, 2.24) is 10.3 Å². The predicted molar refractivity (Wildman–Crippen MR) is 123 cm³/mol. The third-order valence-corrected chi connectivity index (χ3v) is 5.97. The number of aromatic nitrogens is 1. The Labute approximate surface area is 188 Å². The van der Waals surface area contributed by atoms with Gasteiger partial charge >= 0.3 is 0 Å². The normalized spacial score (nSPS) is 20.1. The van der Waals surface area contributed by atoms with Gasteiger partial charge in [-0.15, -0.1) is 0 Å². The molecule has 1 saturated heterocycles. The van der Waals surface area contributed by atoms with E-state index in [2.05, 4.69) is 22.1 Å². The summed E-state index contributed by atoms with van der Waals surface area (Å²) in [4.78, 5) is 16.7. The molecule has 7 heteroatoms. The van der Waals surface area contributed by atoms with E-state index in [9.17, 15) is 9.90 Å². The van der Waals surface area contributed by atoms with Crippen LogP contribution in [0, 0.1) is 11.8 Å². The highest BCUT2D eigenvalue weighted by atomic mass is 16.5. The first-order chi connectivity index (χ1) is 15.3. The molecule has 1 atom stereocenters. The molecule has 1 aliphatic heterocycles. The van der Waals surface area contributed by atoms with Crippen LogP contribution in [0.5, 0.6) is 11.6 Å². The maximum atomic E-state index is 12.2. The fourth-order valence-corrected chi connectivity index (χ4v) is 4.33. The maximum Gasteiger partial charge on any atom is 0.252 e. The Balaban J connectivity index is 1.83. The monoisotopic (exact) mass is 437 g/mol. The number of amides is 1. The summed E-state index contributed by atoms with van der Waals surface area (Å²) in [5.41, 5.74) is 5.59. The summed E-state index contributed by atoms with van der Waals surface area (Å²) in [6.45, 7) is 5.53. The zero-order valence-electron chi connectivity index (χ0n) is 18.7. The molecule has 1 aromatic carbocycles. The molecule has 2 heterocycles. The van der Waals surface area contributed by atoms with Crippen molar-refractivity contribution in [2.24, 2.45) is 5.73 Å². The van der Waals surface area contributed by atoms with E-state index in [0.29, 0.717) is 40.8 Å². The number of piperidine rings is 1. The molecular formula is C25H31N3O4. The second-order valence-corrected chi connectivity index (χ2v) is 8.98. The lowest BCUT2D eigenvalue weighted by atomic mass is 10.00. The van der Waals surface area contributed by atoms with Crippen LogP contribution in [0.25, 0.3) is 10.8 Å². The lowest BCUT2D eigenvalue weighted by molar-refractivity contribution is 0.0994. The average Bonchev–Trinajstić information content (AvgIpc) is 3.19. The smallest absolute Gasteiger partial charge is 0.252 e. The number of fused-ring (bicyclic) bond motifs is 1. The largest absolute Gasteiger partial charge is 0.490 e.